The molecule has 4 rings (SSSR count). The lowest BCUT2D eigenvalue weighted by Crippen LogP contribution is -2.14. The Hall–Kier alpha value is -4.15. The lowest BCUT2D eigenvalue weighted by molar-refractivity contribution is -0.137. The van der Waals surface area contributed by atoms with Gasteiger partial charge in [0.25, 0.3) is 5.91 Å². The molecule has 0 saturated heterocycles. The lowest BCUT2D eigenvalue weighted by atomic mass is 10.0. The predicted molar refractivity (Wildman–Crippen MR) is 132 cm³/mol. The molecule has 35 heavy (non-hydrogen) atoms. The minimum atomic E-state index is -4.59. The number of nitrogens with one attached hydrogen (secondary N) is 1. The van der Waals surface area contributed by atoms with E-state index in [0.29, 0.717) is 16.9 Å². The topological polar surface area (TPSA) is 85.8 Å². The number of aryl methyl sites for hydroxylation is 1. The number of carbonyl (C=O) groups excluding carboxylic acids is 1. The predicted octanol–water partition coefficient (Wildman–Crippen LogP) is 4.33. The van der Waals surface area contributed by atoms with Crippen LogP contribution in [0.3, 0.4) is 0 Å². The van der Waals surface area contributed by atoms with Gasteiger partial charge in [0.1, 0.15) is 5.82 Å². The summed E-state index contributed by atoms with van der Waals surface area (Å²) in [6, 6.07) is 10.0. The molecule has 2 aromatic heterocycles. The summed E-state index contributed by atoms with van der Waals surface area (Å²) in [7, 11) is 2.48. The quantitative estimate of drug-likeness (QED) is 0.329. The van der Waals surface area contributed by atoms with E-state index >= 15 is 0 Å². The van der Waals surface area contributed by atoms with Crippen LogP contribution in [0.1, 0.15) is 32.6 Å². The highest BCUT2D eigenvalue weighted by atomic mass is 31.0. The number of anilines is 2. The van der Waals surface area contributed by atoms with Crippen molar-refractivity contribution in [1.29, 1.82) is 0 Å². The maximum absolute atomic E-state index is 13.5. The molecule has 2 aromatic carbocycles. The summed E-state index contributed by atoms with van der Waals surface area (Å²) in [5, 5.41) is 3.28. The van der Waals surface area contributed by atoms with Gasteiger partial charge in [-0.25, -0.2) is 9.97 Å². The molecule has 4 aromatic rings. The maximum Gasteiger partial charge on any atom is 0.416 e. The summed E-state index contributed by atoms with van der Waals surface area (Å²) >= 11 is 0. The first-order valence-electron chi connectivity index (χ1n) is 10.3. The van der Waals surface area contributed by atoms with Crippen molar-refractivity contribution in [3.8, 4) is 17.5 Å². The molecular formula is C25H19F3N5OP. The van der Waals surface area contributed by atoms with Crippen LogP contribution in [-0.2, 0) is 6.18 Å². The van der Waals surface area contributed by atoms with Gasteiger partial charge in [0.2, 0.25) is 0 Å². The second kappa shape index (κ2) is 9.61. The SMILES string of the molecule is Cc1ccc(C(=O)Nc2cc(-n3ccnc3)cc(C(F)(F)F)c2)cc1C#Cc1cnc(N)c(P)c1. The Bertz CT molecular complexity index is 1470. The third kappa shape index (κ3) is 5.68. The second-order valence-electron chi connectivity index (χ2n) is 7.67. The fourth-order valence-electron chi connectivity index (χ4n) is 3.21. The molecule has 0 aliphatic rings. The zero-order valence-electron chi connectivity index (χ0n) is 18.4. The number of nitrogens with zero attached hydrogens (tertiary/aromatic N) is 3. The summed E-state index contributed by atoms with van der Waals surface area (Å²) in [4.78, 5) is 20.8. The number of nitrogen functional groups attached to an aromatic ring is 1. The first-order chi connectivity index (χ1) is 16.6. The third-order valence-corrected chi connectivity index (χ3v) is 5.56. The van der Waals surface area contributed by atoms with E-state index < -0.39 is 17.6 Å². The Balaban J connectivity index is 1.63. The van der Waals surface area contributed by atoms with Gasteiger partial charge in [-0.3, -0.25) is 4.79 Å². The van der Waals surface area contributed by atoms with E-state index in [4.69, 9.17) is 5.73 Å². The van der Waals surface area contributed by atoms with Crippen LogP contribution in [0.5, 0.6) is 0 Å². The molecule has 0 spiro atoms. The van der Waals surface area contributed by atoms with E-state index in [1.54, 1.807) is 30.5 Å². The van der Waals surface area contributed by atoms with Gasteiger partial charge in [0.15, 0.2) is 0 Å². The van der Waals surface area contributed by atoms with Crippen molar-refractivity contribution in [2.75, 3.05) is 11.1 Å². The molecule has 2 heterocycles. The zero-order valence-corrected chi connectivity index (χ0v) is 19.5. The Morgan fingerprint density at radius 3 is 2.63 bits per heavy atom. The molecule has 0 bridgehead atoms. The molecule has 0 saturated carbocycles. The number of alkyl halides is 3. The van der Waals surface area contributed by atoms with E-state index in [2.05, 4.69) is 36.4 Å². The molecule has 1 unspecified atom stereocenters. The number of hydrogen-bond acceptors (Lipinski definition) is 4. The minimum Gasteiger partial charge on any atom is -0.383 e. The van der Waals surface area contributed by atoms with Crippen LogP contribution in [0.2, 0.25) is 0 Å². The van der Waals surface area contributed by atoms with Crippen molar-refractivity contribution in [3.63, 3.8) is 0 Å². The summed E-state index contributed by atoms with van der Waals surface area (Å²) in [6.45, 7) is 1.85. The molecule has 6 nitrogen and oxygen atoms in total. The molecule has 10 heteroatoms. The van der Waals surface area contributed by atoms with Crippen LogP contribution >= 0.6 is 9.24 Å². The number of pyridine rings is 1. The molecule has 176 valence electrons. The monoisotopic (exact) mass is 493 g/mol. The van der Waals surface area contributed by atoms with E-state index in [-0.39, 0.29) is 16.9 Å². The van der Waals surface area contributed by atoms with Gasteiger partial charge in [0.05, 0.1) is 11.9 Å². The third-order valence-electron chi connectivity index (χ3n) is 5.10. The highest BCUT2D eigenvalue weighted by molar-refractivity contribution is 7.28. The van der Waals surface area contributed by atoms with Crippen LogP contribution < -0.4 is 16.4 Å². The average molecular weight is 493 g/mol. The first kappa shape index (κ1) is 24.0. The van der Waals surface area contributed by atoms with Crippen molar-refractivity contribution in [3.05, 3.63) is 95.2 Å². The fraction of sp³-hybridized carbons (Fsp3) is 0.0800. The van der Waals surface area contributed by atoms with E-state index in [1.165, 1.54) is 29.4 Å². The van der Waals surface area contributed by atoms with Crippen LogP contribution in [-0.4, -0.2) is 20.4 Å². The van der Waals surface area contributed by atoms with Gasteiger partial charge in [0, 0.05) is 52.0 Å². The van der Waals surface area contributed by atoms with Crippen molar-refractivity contribution >= 4 is 32.0 Å². The average Bonchev–Trinajstić information content (AvgIpc) is 3.35. The molecular weight excluding hydrogens is 474 g/mol. The molecule has 0 aliphatic carbocycles. The van der Waals surface area contributed by atoms with Gasteiger partial charge in [-0.1, -0.05) is 17.9 Å². The number of amides is 1. The fourth-order valence-corrected chi connectivity index (χ4v) is 3.46. The van der Waals surface area contributed by atoms with E-state index in [9.17, 15) is 18.0 Å². The Labute approximate surface area is 201 Å². The Kier molecular flexibility index (Phi) is 6.59. The van der Waals surface area contributed by atoms with Crippen LogP contribution in [0.15, 0.2) is 67.4 Å². The van der Waals surface area contributed by atoms with E-state index in [0.717, 1.165) is 23.0 Å². The minimum absolute atomic E-state index is 0.00246. The van der Waals surface area contributed by atoms with E-state index in [1.807, 2.05) is 6.92 Å². The normalized spacial score (nSPS) is 11.0. The Morgan fingerprint density at radius 1 is 1.14 bits per heavy atom. The van der Waals surface area contributed by atoms with Crippen molar-refractivity contribution < 1.29 is 18.0 Å². The lowest BCUT2D eigenvalue weighted by Gasteiger charge is -2.14. The second-order valence-corrected chi connectivity index (χ2v) is 8.29. The van der Waals surface area contributed by atoms with Gasteiger partial charge in [-0.15, -0.1) is 9.24 Å². The largest absolute Gasteiger partial charge is 0.416 e. The number of hydrogen-bond donors (Lipinski definition) is 2. The molecule has 0 fully saturated rings. The number of halogens is 3. The number of aromatic nitrogens is 3. The zero-order chi connectivity index (χ0) is 25.2. The number of carbonyl (C=O) groups is 1. The van der Waals surface area contributed by atoms with Crippen LogP contribution in [0, 0.1) is 18.8 Å². The number of benzene rings is 2. The summed E-state index contributed by atoms with van der Waals surface area (Å²) < 4.78 is 41.8. The standard InChI is InChI=1S/C25H19F3N5OP/c1-15-2-4-18(9-17(15)5-3-16-8-22(35)23(29)31-13-16)24(34)32-20-10-19(25(26,27)28)11-21(12-20)33-7-6-30-14-33/h2,4,6-14H,35H2,1H3,(H2,29,31)(H,32,34). The van der Waals surface area contributed by atoms with Gasteiger partial charge in [-0.2, -0.15) is 13.2 Å². The van der Waals surface area contributed by atoms with Crippen LogP contribution in [0.4, 0.5) is 24.7 Å². The highest BCUT2D eigenvalue weighted by Gasteiger charge is 2.31. The molecule has 3 N–H and O–H groups in total. The number of imidazole rings is 1. The van der Waals surface area contributed by atoms with Crippen molar-refractivity contribution in [2.24, 2.45) is 0 Å². The van der Waals surface area contributed by atoms with Gasteiger partial charge >= 0.3 is 6.18 Å². The molecule has 1 atom stereocenters. The Morgan fingerprint density at radius 2 is 1.94 bits per heavy atom. The maximum atomic E-state index is 13.5. The molecule has 1 amide bonds. The van der Waals surface area contributed by atoms with Crippen LogP contribution in [0.25, 0.3) is 5.69 Å². The van der Waals surface area contributed by atoms with Gasteiger partial charge in [-0.05, 0) is 48.9 Å². The molecule has 0 aliphatic heterocycles. The highest BCUT2D eigenvalue weighted by Crippen LogP contribution is 2.33. The first-order valence-corrected chi connectivity index (χ1v) is 10.8. The summed E-state index contributed by atoms with van der Waals surface area (Å²) in [5.74, 6) is 5.82. The number of nitrogens with two attached hydrogens (primary N) is 1. The van der Waals surface area contributed by atoms with Crippen molar-refractivity contribution in [1.82, 2.24) is 14.5 Å². The van der Waals surface area contributed by atoms with Crippen molar-refractivity contribution in [2.45, 2.75) is 13.1 Å². The summed E-state index contributed by atoms with van der Waals surface area (Å²) in [6.07, 6.45) is 1.31. The van der Waals surface area contributed by atoms with Gasteiger partial charge < -0.3 is 15.6 Å². The number of rotatable bonds is 3. The smallest absolute Gasteiger partial charge is 0.383 e. The summed E-state index contributed by atoms with van der Waals surface area (Å²) in [5.41, 5.74) is 7.38. The molecule has 0 radical (unpaired) electrons.